The number of hydrogen-bond acceptors (Lipinski definition) is 1. The Hall–Kier alpha value is -2.90. The van der Waals surface area contributed by atoms with E-state index in [1.54, 1.807) is 0 Å². The molecule has 3 aromatic rings. The van der Waals surface area contributed by atoms with Crippen molar-refractivity contribution >= 4 is 29.8 Å². The highest BCUT2D eigenvalue weighted by atomic mass is 31.2. The molecule has 1 atom stereocenters. The number of hydrogen-bond donors (Lipinski definition) is 0. The molecule has 3 nitrogen and oxygen atoms in total. The Morgan fingerprint density at radius 3 is 2.13 bits per heavy atom. The minimum absolute atomic E-state index is 0.830. The van der Waals surface area contributed by atoms with Gasteiger partial charge in [0.1, 0.15) is 0 Å². The monoisotopic (exact) mass is 427 g/mol. The molecule has 0 amide bonds. The van der Waals surface area contributed by atoms with E-state index in [2.05, 4.69) is 39.6 Å². The lowest BCUT2D eigenvalue weighted by molar-refractivity contribution is -0.528. The van der Waals surface area contributed by atoms with Crippen LogP contribution in [0.4, 0.5) is 0 Å². The molecule has 2 aliphatic rings. The SMILES string of the molecule is O=P(/C(=C/c1ccccc1)c1ccccc1)(c1ccccc1)N1CCC[N+]2=C1CCC2. The quantitative estimate of drug-likeness (QED) is 0.296. The van der Waals surface area contributed by atoms with Crippen LogP contribution in [0, 0.1) is 0 Å². The van der Waals surface area contributed by atoms with Crippen molar-refractivity contribution < 1.29 is 9.14 Å². The highest BCUT2D eigenvalue weighted by molar-refractivity contribution is 7.79. The largest absolute Gasteiger partial charge is 0.305 e. The van der Waals surface area contributed by atoms with Crippen LogP contribution in [0.3, 0.4) is 0 Å². The zero-order valence-corrected chi connectivity index (χ0v) is 18.6. The van der Waals surface area contributed by atoms with Gasteiger partial charge in [0.25, 0.3) is 5.84 Å². The molecule has 0 radical (unpaired) electrons. The third kappa shape index (κ3) is 3.79. The van der Waals surface area contributed by atoms with Gasteiger partial charge < -0.3 is 0 Å². The molecular formula is C27H28N2OP+. The normalized spacial score (nSPS) is 18.6. The summed E-state index contributed by atoms with van der Waals surface area (Å²) in [6, 6.07) is 30.6. The van der Waals surface area contributed by atoms with E-state index in [9.17, 15) is 0 Å². The molecule has 3 aromatic carbocycles. The van der Waals surface area contributed by atoms with E-state index < -0.39 is 7.29 Å². The molecule has 0 saturated heterocycles. The molecule has 0 aliphatic carbocycles. The average Bonchev–Trinajstić information content (AvgIpc) is 3.33. The number of benzene rings is 3. The van der Waals surface area contributed by atoms with Crippen molar-refractivity contribution in [3.05, 3.63) is 102 Å². The van der Waals surface area contributed by atoms with Gasteiger partial charge in [-0.1, -0.05) is 78.9 Å². The van der Waals surface area contributed by atoms with Crippen molar-refractivity contribution in [2.75, 3.05) is 19.6 Å². The summed E-state index contributed by atoms with van der Waals surface area (Å²) >= 11 is 0. The first-order valence-electron chi connectivity index (χ1n) is 11.1. The van der Waals surface area contributed by atoms with E-state index in [4.69, 9.17) is 0 Å². The lowest BCUT2D eigenvalue weighted by atomic mass is 10.1. The Labute approximate surface area is 184 Å². The molecule has 2 aliphatic heterocycles. The van der Waals surface area contributed by atoms with E-state index in [0.717, 1.165) is 60.6 Å². The number of nitrogens with zero attached hydrogens (tertiary/aromatic N) is 2. The van der Waals surface area contributed by atoms with E-state index in [1.807, 2.05) is 66.7 Å². The first kappa shape index (κ1) is 20.0. The topological polar surface area (TPSA) is 23.3 Å². The molecule has 2 heterocycles. The van der Waals surface area contributed by atoms with Gasteiger partial charge in [-0.25, -0.2) is 4.67 Å². The van der Waals surface area contributed by atoms with Gasteiger partial charge in [-0.3, -0.25) is 9.14 Å². The zero-order valence-electron chi connectivity index (χ0n) is 17.7. The summed E-state index contributed by atoms with van der Waals surface area (Å²) in [6.45, 7) is 2.98. The van der Waals surface area contributed by atoms with E-state index in [1.165, 1.54) is 5.84 Å². The predicted molar refractivity (Wildman–Crippen MR) is 130 cm³/mol. The van der Waals surface area contributed by atoms with Crippen LogP contribution in [0.2, 0.25) is 0 Å². The lowest BCUT2D eigenvalue weighted by Gasteiger charge is -2.32. The van der Waals surface area contributed by atoms with Gasteiger partial charge in [-0.05, 0) is 35.8 Å². The summed E-state index contributed by atoms with van der Waals surface area (Å²) < 4.78 is 20.1. The standard InChI is InChI=1S/C27H28N2OP/c30-31(25-16-8-3-9-17-25,29-21-11-20-28-19-10-18-27(28)29)26(24-14-6-2-7-15-24)22-23-12-4-1-5-13-23/h1-9,12-17,22H,10-11,18-21H2/q+1/b26-22+. The van der Waals surface area contributed by atoms with Gasteiger partial charge in [0, 0.05) is 6.42 Å². The maximum absolute atomic E-state index is 15.4. The minimum Gasteiger partial charge on any atom is -0.265 e. The van der Waals surface area contributed by atoms with E-state index >= 15 is 4.57 Å². The van der Waals surface area contributed by atoms with Crippen LogP contribution >= 0.6 is 7.29 Å². The summed E-state index contributed by atoms with van der Waals surface area (Å²) in [7, 11) is -3.10. The molecule has 156 valence electrons. The molecule has 0 spiro atoms. The van der Waals surface area contributed by atoms with Crippen molar-refractivity contribution in [1.29, 1.82) is 0 Å². The van der Waals surface area contributed by atoms with Gasteiger partial charge >= 0.3 is 7.29 Å². The maximum Gasteiger partial charge on any atom is 0.305 e. The summed E-state index contributed by atoms with van der Waals surface area (Å²) in [6.07, 6.45) is 5.32. The second kappa shape index (κ2) is 8.69. The van der Waals surface area contributed by atoms with Crippen molar-refractivity contribution in [3.63, 3.8) is 0 Å². The maximum atomic E-state index is 15.4. The van der Waals surface area contributed by atoms with E-state index in [-0.39, 0.29) is 0 Å². The van der Waals surface area contributed by atoms with Crippen LogP contribution in [-0.4, -0.2) is 34.7 Å². The molecule has 5 rings (SSSR count). The van der Waals surface area contributed by atoms with E-state index in [0.29, 0.717) is 0 Å². The average molecular weight is 428 g/mol. The fourth-order valence-corrected chi connectivity index (χ4v) is 7.98. The summed E-state index contributed by atoms with van der Waals surface area (Å²) in [5, 5.41) is 1.81. The van der Waals surface area contributed by atoms with Crippen LogP contribution in [0.1, 0.15) is 30.4 Å². The lowest BCUT2D eigenvalue weighted by Crippen LogP contribution is -2.41. The fourth-order valence-electron chi connectivity index (χ4n) is 4.79. The predicted octanol–water partition coefficient (Wildman–Crippen LogP) is 5.70. The van der Waals surface area contributed by atoms with Gasteiger partial charge in [-0.2, -0.15) is 0 Å². The second-order valence-corrected chi connectivity index (χ2v) is 10.8. The molecule has 0 aromatic heterocycles. The van der Waals surface area contributed by atoms with Crippen molar-refractivity contribution in [1.82, 2.24) is 4.67 Å². The van der Waals surface area contributed by atoms with Crippen LogP contribution in [-0.2, 0) is 4.57 Å². The highest BCUT2D eigenvalue weighted by Gasteiger charge is 2.47. The Morgan fingerprint density at radius 2 is 1.42 bits per heavy atom. The van der Waals surface area contributed by atoms with Gasteiger partial charge in [0.05, 0.1) is 36.7 Å². The first-order chi connectivity index (χ1) is 15.3. The third-order valence-electron chi connectivity index (χ3n) is 6.23. The molecule has 0 N–H and O–H groups in total. The van der Waals surface area contributed by atoms with Gasteiger partial charge in [0.15, 0.2) is 0 Å². The Morgan fingerprint density at radius 1 is 0.806 bits per heavy atom. The Kier molecular flexibility index (Phi) is 5.61. The molecule has 0 bridgehead atoms. The van der Waals surface area contributed by atoms with Crippen LogP contribution < -0.4 is 5.30 Å². The number of amidine groups is 1. The third-order valence-corrected chi connectivity index (χ3v) is 9.38. The second-order valence-electron chi connectivity index (χ2n) is 8.20. The van der Waals surface area contributed by atoms with Gasteiger partial charge in [0.2, 0.25) is 0 Å². The zero-order chi connectivity index (χ0) is 21.1. The first-order valence-corrected chi connectivity index (χ1v) is 12.8. The molecule has 31 heavy (non-hydrogen) atoms. The molecule has 1 unspecified atom stereocenters. The summed E-state index contributed by atoms with van der Waals surface area (Å²) in [4.78, 5) is 0. The smallest absolute Gasteiger partial charge is 0.265 e. The Bertz CT molecular complexity index is 1150. The van der Waals surface area contributed by atoms with Crippen LogP contribution in [0.25, 0.3) is 11.4 Å². The molecule has 0 fully saturated rings. The molecule has 4 heteroatoms. The number of rotatable bonds is 5. The highest BCUT2D eigenvalue weighted by Crippen LogP contribution is 2.62. The van der Waals surface area contributed by atoms with Crippen molar-refractivity contribution in [2.24, 2.45) is 0 Å². The molecule has 0 saturated carbocycles. The van der Waals surface area contributed by atoms with Gasteiger partial charge in [-0.15, -0.1) is 0 Å². The van der Waals surface area contributed by atoms with Crippen LogP contribution in [0.5, 0.6) is 0 Å². The Balaban J connectivity index is 1.77. The summed E-state index contributed by atoms with van der Waals surface area (Å²) in [5.74, 6) is 1.26. The van der Waals surface area contributed by atoms with Crippen molar-refractivity contribution in [2.45, 2.75) is 19.3 Å². The summed E-state index contributed by atoms with van der Waals surface area (Å²) in [5.41, 5.74) is 2.09. The minimum atomic E-state index is -3.10. The van der Waals surface area contributed by atoms with Crippen molar-refractivity contribution in [3.8, 4) is 0 Å². The van der Waals surface area contributed by atoms with Crippen LogP contribution in [0.15, 0.2) is 91.0 Å². The molecular weight excluding hydrogens is 399 g/mol. The fraction of sp³-hybridized carbons (Fsp3) is 0.222.